The maximum Gasteiger partial charge on any atom is 0.232 e. The van der Waals surface area contributed by atoms with Crippen LogP contribution in [0.4, 0.5) is 5.13 Å². The molecule has 2 heterocycles. The minimum atomic E-state index is -0.103. The zero-order chi connectivity index (χ0) is 18.6. The number of amides is 1. The Labute approximate surface area is 165 Å². The molecule has 0 saturated carbocycles. The second-order valence-corrected chi connectivity index (χ2v) is 8.09. The van der Waals surface area contributed by atoms with Crippen molar-refractivity contribution < 1.29 is 4.79 Å². The van der Waals surface area contributed by atoms with Crippen molar-refractivity contribution in [1.82, 2.24) is 9.97 Å². The summed E-state index contributed by atoms with van der Waals surface area (Å²) in [6.45, 7) is 2.02. The first-order chi connectivity index (χ1) is 13.2. The molecule has 134 valence electrons. The van der Waals surface area contributed by atoms with Gasteiger partial charge in [-0.05, 0) is 6.92 Å². The van der Waals surface area contributed by atoms with Gasteiger partial charge in [-0.25, -0.2) is 9.97 Å². The lowest BCUT2D eigenvalue weighted by Gasteiger charge is -1.99. The predicted octanol–water partition coefficient (Wildman–Crippen LogP) is 5.42. The van der Waals surface area contributed by atoms with Crippen LogP contribution in [0.25, 0.3) is 21.8 Å². The summed E-state index contributed by atoms with van der Waals surface area (Å²) in [7, 11) is 0. The molecule has 0 fully saturated rings. The number of thiazole rings is 2. The van der Waals surface area contributed by atoms with E-state index in [-0.39, 0.29) is 12.3 Å². The lowest BCUT2D eigenvalue weighted by atomic mass is 10.1. The fraction of sp³-hybridized carbons (Fsp3) is 0.0952. The third kappa shape index (κ3) is 4.13. The largest absolute Gasteiger partial charge is 0.302 e. The summed E-state index contributed by atoms with van der Waals surface area (Å²) in [6, 6.07) is 20.0. The molecule has 0 saturated heterocycles. The van der Waals surface area contributed by atoms with Gasteiger partial charge in [-0.2, -0.15) is 0 Å². The van der Waals surface area contributed by atoms with Crippen molar-refractivity contribution in [3.05, 3.63) is 76.6 Å². The van der Waals surface area contributed by atoms with Crippen molar-refractivity contribution in [3.63, 3.8) is 0 Å². The highest BCUT2D eigenvalue weighted by Gasteiger charge is 2.14. The first-order valence-electron chi connectivity index (χ1n) is 8.51. The lowest BCUT2D eigenvalue weighted by Crippen LogP contribution is -2.14. The van der Waals surface area contributed by atoms with Crippen molar-refractivity contribution in [2.45, 2.75) is 13.3 Å². The van der Waals surface area contributed by atoms with Crippen LogP contribution in [0, 0.1) is 6.92 Å². The summed E-state index contributed by atoms with van der Waals surface area (Å²) in [5.74, 6) is -0.103. The minimum absolute atomic E-state index is 0.103. The van der Waals surface area contributed by atoms with E-state index in [2.05, 4.69) is 15.3 Å². The number of rotatable bonds is 5. The van der Waals surface area contributed by atoms with E-state index in [9.17, 15) is 4.79 Å². The van der Waals surface area contributed by atoms with E-state index in [0.717, 1.165) is 32.4 Å². The summed E-state index contributed by atoms with van der Waals surface area (Å²) in [5.41, 5.74) is 3.81. The normalized spacial score (nSPS) is 10.7. The van der Waals surface area contributed by atoms with Crippen LogP contribution in [0.15, 0.2) is 66.0 Å². The maximum absolute atomic E-state index is 12.4. The standard InChI is InChI=1S/C21H17N3OS2/c1-14-19(15-8-4-2-5-9-15)24-21(27-14)23-18(25)12-17-13-26-20(22-17)16-10-6-3-7-11-16/h2-11,13H,12H2,1H3,(H,23,24,25). The van der Waals surface area contributed by atoms with Crippen molar-refractivity contribution in [2.75, 3.05) is 5.32 Å². The Morgan fingerprint density at radius 2 is 1.63 bits per heavy atom. The minimum Gasteiger partial charge on any atom is -0.302 e. The molecular formula is C21H17N3OS2. The van der Waals surface area contributed by atoms with E-state index in [1.165, 1.54) is 11.3 Å². The van der Waals surface area contributed by atoms with E-state index >= 15 is 0 Å². The highest BCUT2D eigenvalue weighted by Crippen LogP contribution is 2.30. The maximum atomic E-state index is 12.4. The Morgan fingerprint density at radius 1 is 0.963 bits per heavy atom. The van der Waals surface area contributed by atoms with Gasteiger partial charge in [0.25, 0.3) is 0 Å². The second kappa shape index (κ2) is 7.82. The van der Waals surface area contributed by atoms with Crippen LogP contribution in [0.3, 0.4) is 0 Å². The van der Waals surface area contributed by atoms with Gasteiger partial charge in [-0.3, -0.25) is 4.79 Å². The molecule has 0 unspecified atom stereocenters. The smallest absolute Gasteiger partial charge is 0.232 e. The van der Waals surface area contributed by atoms with Crippen LogP contribution in [0.5, 0.6) is 0 Å². The molecule has 2 aromatic carbocycles. The van der Waals surface area contributed by atoms with Crippen molar-refractivity contribution >= 4 is 33.7 Å². The van der Waals surface area contributed by atoms with Gasteiger partial charge in [0, 0.05) is 21.4 Å². The van der Waals surface area contributed by atoms with Crippen LogP contribution >= 0.6 is 22.7 Å². The number of anilines is 1. The molecule has 2 aromatic heterocycles. The topological polar surface area (TPSA) is 54.9 Å². The molecule has 1 amide bonds. The highest BCUT2D eigenvalue weighted by molar-refractivity contribution is 7.16. The molecule has 0 bridgehead atoms. The van der Waals surface area contributed by atoms with Crippen molar-refractivity contribution in [2.24, 2.45) is 0 Å². The zero-order valence-electron chi connectivity index (χ0n) is 14.7. The Hall–Kier alpha value is -2.83. The van der Waals surface area contributed by atoms with E-state index in [1.807, 2.05) is 73.0 Å². The number of nitrogens with zero attached hydrogens (tertiary/aromatic N) is 2. The number of aryl methyl sites for hydroxylation is 1. The molecule has 0 aliphatic heterocycles. The molecule has 0 radical (unpaired) electrons. The van der Waals surface area contributed by atoms with Gasteiger partial charge in [0.15, 0.2) is 5.13 Å². The average molecular weight is 392 g/mol. The monoisotopic (exact) mass is 391 g/mol. The second-order valence-electron chi connectivity index (χ2n) is 6.02. The Balaban J connectivity index is 1.44. The van der Waals surface area contributed by atoms with Gasteiger partial charge >= 0.3 is 0 Å². The van der Waals surface area contributed by atoms with E-state index < -0.39 is 0 Å². The summed E-state index contributed by atoms with van der Waals surface area (Å²) in [5, 5.41) is 6.38. The van der Waals surface area contributed by atoms with Gasteiger partial charge < -0.3 is 5.32 Å². The summed E-state index contributed by atoms with van der Waals surface area (Å²) >= 11 is 3.04. The van der Waals surface area contributed by atoms with E-state index in [1.54, 1.807) is 11.3 Å². The number of carbonyl (C=O) groups is 1. The van der Waals surface area contributed by atoms with Gasteiger partial charge in [-0.15, -0.1) is 22.7 Å². The molecule has 6 heteroatoms. The quantitative estimate of drug-likeness (QED) is 0.494. The summed E-state index contributed by atoms with van der Waals surface area (Å²) in [4.78, 5) is 22.6. The van der Waals surface area contributed by atoms with Gasteiger partial charge in [-0.1, -0.05) is 60.7 Å². The Bertz CT molecular complexity index is 1060. The van der Waals surface area contributed by atoms with Gasteiger partial charge in [0.1, 0.15) is 5.01 Å². The van der Waals surface area contributed by atoms with Crippen LogP contribution in [-0.4, -0.2) is 15.9 Å². The highest BCUT2D eigenvalue weighted by atomic mass is 32.1. The molecule has 0 aliphatic carbocycles. The number of nitrogens with one attached hydrogen (secondary N) is 1. The van der Waals surface area contributed by atoms with Gasteiger partial charge in [0.05, 0.1) is 17.8 Å². The lowest BCUT2D eigenvalue weighted by molar-refractivity contribution is -0.115. The van der Waals surface area contributed by atoms with E-state index in [4.69, 9.17) is 0 Å². The molecule has 4 rings (SSSR count). The first-order valence-corrected chi connectivity index (χ1v) is 10.2. The van der Waals surface area contributed by atoms with Crippen LogP contribution in [0.2, 0.25) is 0 Å². The van der Waals surface area contributed by atoms with Crippen molar-refractivity contribution in [3.8, 4) is 21.8 Å². The van der Waals surface area contributed by atoms with Crippen LogP contribution in [0.1, 0.15) is 10.6 Å². The van der Waals surface area contributed by atoms with E-state index in [0.29, 0.717) is 5.13 Å². The Morgan fingerprint density at radius 3 is 2.33 bits per heavy atom. The molecule has 0 spiro atoms. The summed E-state index contributed by atoms with van der Waals surface area (Å²) < 4.78 is 0. The third-order valence-corrected chi connectivity index (χ3v) is 5.83. The SMILES string of the molecule is Cc1sc(NC(=O)Cc2csc(-c3ccccc3)n2)nc1-c1ccccc1. The molecule has 4 nitrogen and oxygen atoms in total. The van der Waals surface area contributed by atoms with Crippen molar-refractivity contribution in [1.29, 1.82) is 0 Å². The molecule has 4 aromatic rings. The number of benzene rings is 2. The third-order valence-electron chi connectivity index (χ3n) is 4.00. The number of carbonyl (C=O) groups excluding carboxylic acids is 1. The number of aromatic nitrogens is 2. The average Bonchev–Trinajstić information content (AvgIpc) is 3.29. The van der Waals surface area contributed by atoms with Gasteiger partial charge in [0.2, 0.25) is 5.91 Å². The predicted molar refractivity (Wildman–Crippen MR) is 112 cm³/mol. The first kappa shape index (κ1) is 17.6. The molecule has 0 aliphatic rings. The zero-order valence-corrected chi connectivity index (χ0v) is 16.3. The number of hydrogen-bond acceptors (Lipinski definition) is 5. The fourth-order valence-electron chi connectivity index (χ4n) is 2.74. The molecule has 0 atom stereocenters. The van der Waals surface area contributed by atoms with Crippen LogP contribution in [-0.2, 0) is 11.2 Å². The molecule has 27 heavy (non-hydrogen) atoms. The number of hydrogen-bond donors (Lipinski definition) is 1. The Kier molecular flexibility index (Phi) is 5.09. The molecule has 1 N–H and O–H groups in total. The fourth-order valence-corrected chi connectivity index (χ4v) is 4.42. The van der Waals surface area contributed by atoms with Crippen LogP contribution < -0.4 is 5.32 Å². The molecular weight excluding hydrogens is 374 g/mol. The summed E-state index contributed by atoms with van der Waals surface area (Å²) in [6.07, 6.45) is 0.239.